The zero-order valence-corrected chi connectivity index (χ0v) is 52.9. The summed E-state index contributed by atoms with van der Waals surface area (Å²) in [7, 11) is -20.2. The third kappa shape index (κ3) is 19.0. The SMILES string of the molecule is CCO[Si]1(OCC)CC[Si]2(C)O[Si](C)(CC[Si](OC)(OC)OC)O[Si](C)(CC[Si](OC)(OC)OC)O[Si](C)(CC[Si](OCC)(OCC)OCCO[Si](C)(OC)O[Si](C)(OC)OCCO1)O2. The molecule has 2 rings (SSSR count). The van der Waals surface area contributed by atoms with Crippen LogP contribution in [0, 0.1) is 0 Å². The lowest BCUT2D eigenvalue weighted by Crippen LogP contribution is -2.68. The molecule has 6 unspecified atom stereocenters. The standard InChI is InChI=1S/C34H86O21Si10/c1-19-43-64(44-20-2)33-29-58(15)52-56(13,27-31-62(37-7,38-8)39-9)51-57(14,28-32-63(40-10,41-11)42-12)53-59(16,54-58)30-34-65(45-21-3,46-22-4)50-26-24-48-61(18,36-6)55-60(17,35-5)47-23-25-49-64/h19-34H2,1-18H3. The zero-order chi connectivity index (χ0) is 49.2. The monoisotopic (exact) mass is 1110 g/mol. The van der Waals surface area contributed by atoms with E-state index >= 15 is 0 Å². The van der Waals surface area contributed by atoms with Crippen molar-refractivity contribution in [1.29, 1.82) is 0 Å². The molecule has 0 saturated carbocycles. The molecule has 2 bridgehead atoms. The molecule has 0 N–H and O–H groups in total. The van der Waals surface area contributed by atoms with Gasteiger partial charge >= 0.3 is 87.1 Å². The second kappa shape index (κ2) is 28.0. The second-order valence-corrected chi connectivity index (χ2v) is 47.9. The van der Waals surface area contributed by atoms with E-state index in [-0.39, 0.29) is 26.4 Å². The van der Waals surface area contributed by atoms with E-state index in [1.807, 2.05) is 27.7 Å². The minimum atomic E-state index is -3.42. The first-order chi connectivity index (χ1) is 30.5. The van der Waals surface area contributed by atoms with Crippen LogP contribution in [0.25, 0.3) is 0 Å². The topological polar surface area (TPSA) is 194 Å². The maximum absolute atomic E-state index is 7.63. The van der Waals surface area contributed by atoms with Crippen molar-refractivity contribution in [3.8, 4) is 0 Å². The van der Waals surface area contributed by atoms with Gasteiger partial charge in [-0.05, 0) is 78.1 Å². The predicted molar refractivity (Wildman–Crippen MR) is 263 cm³/mol. The molecule has 31 heteroatoms. The zero-order valence-electron chi connectivity index (χ0n) is 42.9. The molecular formula is C34H86O21Si10. The van der Waals surface area contributed by atoms with Gasteiger partial charge in [-0.3, -0.25) is 0 Å². The Morgan fingerprint density at radius 3 is 0.969 bits per heavy atom. The molecule has 0 radical (unpaired) electrons. The molecule has 2 aliphatic rings. The quantitative estimate of drug-likeness (QED) is 0.120. The Balaban J connectivity index is 2.90. The summed E-state index contributed by atoms with van der Waals surface area (Å²) in [4.78, 5) is 0. The average Bonchev–Trinajstić information content (AvgIpc) is 3.26. The van der Waals surface area contributed by atoms with Gasteiger partial charge in [0.15, 0.2) is 0 Å². The van der Waals surface area contributed by atoms with Crippen molar-refractivity contribution >= 4 is 87.1 Å². The summed E-state index contributed by atoms with van der Waals surface area (Å²) >= 11 is 0. The lowest BCUT2D eigenvalue weighted by atomic mass is 10.8. The Kier molecular flexibility index (Phi) is 26.9. The van der Waals surface area contributed by atoms with Crippen LogP contribution in [0.15, 0.2) is 0 Å². The summed E-state index contributed by atoms with van der Waals surface area (Å²) in [5.74, 6) is 0. The van der Waals surface area contributed by atoms with Gasteiger partial charge in [-0.1, -0.05) is 0 Å². The first-order valence-corrected chi connectivity index (χ1v) is 44.8. The van der Waals surface area contributed by atoms with E-state index in [1.54, 1.807) is 70.0 Å². The van der Waals surface area contributed by atoms with Crippen LogP contribution >= 0.6 is 0 Å². The first-order valence-electron chi connectivity index (χ1n) is 22.5. The largest absolute Gasteiger partial charge is 0.500 e. The molecule has 2 aliphatic heterocycles. The average molecular weight is 1110 g/mol. The van der Waals surface area contributed by atoms with E-state index in [2.05, 4.69) is 26.2 Å². The third-order valence-corrected chi connectivity index (χ3v) is 49.0. The van der Waals surface area contributed by atoms with Crippen LogP contribution in [0.4, 0.5) is 0 Å². The Morgan fingerprint density at radius 1 is 0.385 bits per heavy atom. The van der Waals surface area contributed by atoms with Gasteiger partial charge < -0.3 is 91.4 Å². The van der Waals surface area contributed by atoms with Crippen molar-refractivity contribution in [3.63, 3.8) is 0 Å². The molecule has 65 heavy (non-hydrogen) atoms. The minimum Gasteiger partial charge on any atom is -0.416 e. The molecule has 2 saturated heterocycles. The third-order valence-electron chi connectivity index (χ3n) is 11.2. The molecule has 2 heterocycles. The summed E-state index contributed by atoms with van der Waals surface area (Å²) in [6, 6.07) is 3.45. The lowest BCUT2D eigenvalue weighted by Gasteiger charge is -2.51. The summed E-state index contributed by atoms with van der Waals surface area (Å²) in [6.45, 7) is 21.6. The molecular weight excluding hydrogens is 1030 g/mol. The van der Waals surface area contributed by atoms with E-state index in [4.69, 9.17) is 91.4 Å². The molecule has 388 valence electrons. The Labute approximate surface area is 401 Å². The van der Waals surface area contributed by atoms with Crippen LogP contribution in [0.1, 0.15) is 27.7 Å². The molecule has 0 aliphatic carbocycles. The molecule has 6 atom stereocenters. The molecule has 0 spiro atoms. The lowest BCUT2D eigenvalue weighted by molar-refractivity contribution is 0.0244. The van der Waals surface area contributed by atoms with Crippen LogP contribution in [-0.2, 0) is 91.4 Å². The van der Waals surface area contributed by atoms with E-state index in [0.29, 0.717) is 74.8 Å². The van der Waals surface area contributed by atoms with Crippen molar-refractivity contribution in [2.24, 2.45) is 0 Å². The van der Waals surface area contributed by atoms with Gasteiger partial charge in [0.2, 0.25) is 0 Å². The van der Waals surface area contributed by atoms with E-state index in [1.165, 1.54) is 0 Å². The van der Waals surface area contributed by atoms with Crippen LogP contribution < -0.4 is 0 Å². The van der Waals surface area contributed by atoms with E-state index < -0.39 is 87.1 Å². The molecule has 21 nitrogen and oxygen atoms in total. The summed E-state index contributed by atoms with van der Waals surface area (Å²) in [5, 5.41) is 0. The van der Waals surface area contributed by atoms with Gasteiger partial charge in [-0.15, -0.1) is 0 Å². The van der Waals surface area contributed by atoms with Gasteiger partial charge in [0.25, 0.3) is 0 Å². The van der Waals surface area contributed by atoms with Gasteiger partial charge in [0.05, 0.1) is 26.4 Å². The highest BCUT2D eigenvalue weighted by molar-refractivity contribution is 6.95. The van der Waals surface area contributed by atoms with Gasteiger partial charge in [-0.25, -0.2) is 0 Å². The molecule has 0 aromatic carbocycles. The summed E-state index contributed by atoms with van der Waals surface area (Å²) < 4.78 is 136. The van der Waals surface area contributed by atoms with Gasteiger partial charge in [0, 0.05) is 121 Å². The number of rotatable bonds is 22. The van der Waals surface area contributed by atoms with Crippen molar-refractivity contribution < 1.29 is 91.4 Å². The van der Waals surface area contributed by atoms with E-state index in [0.717, 1.165) is 0 Å². The summed E-state index contributed by atoms with van der Waals surface area (Å²) in [6.07, 6.45) is 0. The first kappa shape index (κ1) is 62.4. The normalized spacial score (nSPS) is 33.0. The van der Waals surface area contributed by atoms with Gasteiger partial charge in [-0.2, -0.15) is 0 Å². The van der Waals surface area contributed by atoms with Crippen LogP contribution in [0.3, 0.4) is 0 Å². The van der Waals surface area contributed by atoms with Crippen LogP contribution in [0.5, 0.6) is 0 Å². The number of hydrogen-bond donors (Lipinski definition) is 0. The Morgan fingerprint density at radius 2 is 0.692 bits per heavy atom. The van der Waals surface area contributed by atoms with Crippen molar-refractivity contribution in [1.82, 2.24) is 0 Å². The highest BCUT2D eigenvalue weighted by atomic mass is 28.5. The highest BCUT2D eigenvalue weighted by Gasteiger charge is 2.61. The predicted octanol–water partition coefficient (Wildman–Crippen LogP) is 5.66. The van der Waals surface area contributed by atoms with Crippen molar-refractivity contribution in [2.45, 2.75) is 115 Å². The van der Waals surface area contributed by atoms with Crippen molar-refractivity contribution in [3.05, 3.63) is 0 Å². The Hall–Kier alpha value is 1.33. The van der Waals surface area contributed by atoms with Crippen LogP contribution in [-0.4, -0.2) is 197 Å². The number of fused-ring (bicyclic) bond motifs is 2. The molecule has 2 fully saturated rings. The number of hydrogen-bond acceptors (Lipinski definition) is 21. The molecule has 0 amide bonds. The Bertz CT molecular complexity index is 1230. The fourth-order valence-electron chi connectivity index (χ4n) is 7.96. The fraction of sp³-hybridized carbons (Fsp3) is 1.00. The minimum absolute atomic E-state index is 0.131. The molecule has 0 aromatic rings. The van der Waals surface area contributed by atoms with E-state index in [9.17, 15) is 0 Å². The maximum atomic E-state index is 7.63. The second-order valence-electron chi connectivity index (χ2n) is 16.3. The highest BCUT2D eigenvalue weighted by Crippen LogP contribution is 2.42. The van der Waals surface area contributed by atoms with Gasteiger partial charge in [0.1, 0.15) is 0 Å². The fourth-order valence-corrected chi connectivity index (χ4v) is 51.3. The summed E-state index contributed by atoms with van der Waals surface area (Å²) in [5.41, 5.74) is 0. The smallest absolute Gasteiger partial charge is 0.416 e. The van der Waals surface area contributed by atoms with Crippen molar-refractivity contribution in [2.75, 3.05) is 110 Å². The molecule has 0 aromatic heterocycles. The maximum Gasteiger partial charge on any atom is 0.500 e. The van der Waals surface area contributed by atoms with Crippen LogP contribution in [0.2, 0.25) is 87.6 Å².